The number of halogens is 2. The first-order valence-corrected chi connectivity index (χ1v) is 7.44. The minimum absolute atomic E-state index is 0.0207. The van der Waals surface area contributed by atoms with Gasteiger partial charge in [-0.05, 0) is 12.1 Å². The van der Waals surface area contributed by atoms with E-state index in [2.05, 4.69) is 5.32 Å². The number of rotatable bonds is 3. The molecule has 0 unspecified atom stereocenters. The van der Waals surface area contributed by atoms with Crippen molar-refractivity contribution in [3.63, 3.8) is 0 Å². The molecule has 21 heavy (non-hydrogen) atoms. The van der Waals surface area contributed by atoms with Gasteiger partial charge in [0.2, 0.25) is 5.91 Å². The third-order valence-electron chi connectivity index (χ3n) is 3.49. The molecule has 1 aromatic carbocycles. The van der Waals surface area contributed by atoms with E-state index < -0.39 is 0 Å². The minimum Gasteiger partial charge on any atom is -0.358 e. The van der Waals surface area contributed by atoms with Crippen LogP contribution in [0, 0.1) is 0 Å². The molecule has 0 radical (unpaired) electrons. The van der Waals surface area contributed by atoms with Gasteiger partial charge in [-0.15, -0.1) is 0 Å². The van der Waals surface area contributed by atoms with Crippen LogP contribution < -0.4 is 5.32 Å². The van der Waals surface area contributed by atoms with E-state index in [1.807, 2.05) is 4.90 Å². The molecular formula is C14H17Cl2N3O2. The number of nitrogens with one attached hydrogen (secondary N) is 1. The lowest BCUT2D eigenvalue weighted by atomic mass is 10.1. The highest BCUT2D eigenvalue weighted by Gasteiger charge is 2.24. The molecule has 1 fully saturated rings. The van der Waals surface area contributed by atoms with Crippen molar-refractivity contribution >= 4 is 35.0 Å². The van der Waals surface area contributed by atoms with Crippen LogP contribution in [-0.2, 0) is 4.79 Å². The van der Waals surface area contributed by atoms with Crippen LogP contribution in [-0.4, -0.2) is 61.4 Å². The van der Waals surface area contributed by atoms with Crippen molar-refractivity contribution in [2.75, 3.05) is 39.8 Å². The van der Waals surface area contributed by atoms with Crippen LogP contribution in [0.1, 0.15) is 10.4 Å². The second-order valence-electron chi connectivity index (χ2n) is 4.84. The standard InChI is InChI=1S/C14H17Cl2N3O2/c1-17-12(20)9-18-5-7-19(8-6-18)14(21)10-3-2-4-11(15)13(10)16/h2-4H,5-9H2,1H3,(H,17,20). The lowest BCUT2D eigenvalue weighted by Crippen LogP contribution is -2.50. The third kappa shape index (κ3) is 3.87. The van der Waals surface area contributed by atoms with E-state index in [9.17, 15) is 9.59 Å². The Bertz CT molecular complexity index is 543. The summed E-state index contributed by atoms with van der Waals surface area (Å²) in [6.07, 6.45) is 0. The smallest absolute Gasteiger partial charge is 0.255 e. The predicted octanol–water partition coefficient (Wildman–Crippen LogP) is 1.50. The predicted molar refractivity (Wildman–Crippen MR) is 82.9 cm³/mol. The van der Waals surface area contributed by atoms with E-state index in [0.29, 0.717) is 43.3 Å². The molecule has 0 bridgehead atoms. The van der Waals surface area contributed by atoms with Crippen LogP contribution in [0.2, 0.25) is 10.0 Å². The molecule has 114 valence electrons. The van der Waals surface area contributed by atoms with E-state index in [4.69, 9.17) is 23.2 Å². The van der Waals surface area contributed by atoms with E-state index in [1.165, 1.54) is 0 Å². The average molecular weight is 330 g/mol. The number of piperazine rings is 1. The second kappa shape index (κ2) is 7.11. The molecule has 5 nitrogen and oxygen atoms in total. The van der Waals surface area contributed by atoms with Crippen LogP contribution in [0.25, 0.3) is 0 Å². The second-order valence-corrected chi connectivity index (χ2v) is 5.63. The highest BCUT2D eigenvalue weighted by Crippen LogP contribution is 2.26. The zero-order chi connectivity index (χ0) is 15.4. The number of carbonyl (C=O) groups excluding carboxylic acids is 2. The number of hydrogen-bond donors (Lipinski definition) is 1. The zero-order valence-corrected chi connectivity index (χ0v) is 13.2. The minimum atomic E-state index is -0.123. The summed E-state index contributed by atoms with van der Waals surface area (Å²) in [6.45, 7) is 2.82. The topological polar surface area (TPSA) is 52.7 Å². The molecule has 7 heteroatoms. The Hall–Kier alpha value is -1.30. The summed E-state index contributed by atoms with van der Waals surface area (Å²) in [6, 6.07) is 5.04. The number of carbonyl (C=O) groups is 2. The van der Waals surface area contributed by atoms with Crippen molar-refractivity contribution < 1.29 is 9.59 Å². The molecular weight excluding hydrogens is 313 g/mol. The molecule has 1 aromatic rings. The van der Waals surface area contributed by atoms with Gasteiger partial charge < -0.3 is 10.2 Å². The van der Waals surface area contributed by atoms with E-state index in [-0.39, 0.29) is 16.8 Å². The van der Waals surface area contributed by atoms with Crippen LogP contribution >= 0.6 is 23.2 Å². The molecule has 1 heterocycles. The molecule has 1 aliphatic rings. The van der Waals surface area contributed by atoms with E-state index in [0.717, 1.165) is 0 Å². The largest absolute Gasteiger partial charge is 0.358 e. The van der Waals surface area contributed by atoms with Crippen LogP contribution in [0.3, 0.4) is 0 Å². The van der Waals surface area contributed by atoms with Crippen molar-refractivity contribution in [2.45, 2.75) is 0 Å². The quantitative estimate of drug-likeness (QED) is 0.914. The Kier molecular flexibility index (Phi) is 5.45. The maximum absolute atomic E-state index is 12.4. The molecule has 1 saturated heterocycles. The third-order valence-corrected chi connectivity index (χ3v) is 4.31. The van der Waals surface area contributed by atoms with Gasteiger partial charge in [-0.2, -0.15) is 0 Å². The summed E-state index contributed by atoms with van der Waals surface area (Å²) in [5.41, 5.74) is 0.420. The van der Waals surface area contributed by atoms with Gasteiger partial charge in [0, 0.05) is 33.2 Å². The van der Waals surface area contributed by atoms with Gasteiger partial charge in [0.25, 0.3) is 5.91 Å². The van der Waals surface area contributed by atoms with Gasteiger partial charge >= 0.3 is 0 Å². The normalized spacial score (nSPS) is 15.9. The number of benzene rings is 1. The molecule has 1 aliphatic heterocycles. The summed E-state index contributed by atoms with van der Waals surface area (Å²) < 4.78 is 0. The fraction of sp³-hybridized carbons (Fsp3) is 0.429. The molecule has 0 atom stereocenters. The van der Waals surface area contributed by atoms with Gasteiger partial charge in [-0.25, -0.2) is 0 Å². The number of likely N-dealkylation sites (N-methyl/N-ethyl adjacent to an activating group) is 1. The summed E-state index contributed by atoms with van der Waals surface area (Å²) in [5, 5.41) is 3.26. The Morgan fingerprint density at radius 2 is 1.86 bits per heavy atom. The summed E-state index contributed by atoms with van der Waals surface area (Å²) >= 11 is 12.0. The maximum atomic E-state index is 12.4. The number of amides is 2. The molecule has 2 amide bonds. The van der Waals surface area contributed by atoms with Gasteiger partial charge in [-0.1, -0.05) is 29.3 Å². The molecule has 0 aliphatic carbocycles. The lowest BCUT2D eigenvalue weighted by molar-refractivity contribution is -0.122. The fourth-order valence-electron chi connectivity index (χ4n) is 2.23. The monoisotopic (exact) mass is 329 g/mol. The maximum Gasteiger partial charge on any atom is 0.255 e. The SMILES string of the molecule is CNC(=O)CN1CCN(C(=O)c2cccc(Cl)c2Cl)CC1. The van der Waals surface area contributed by atoms with E-state index in [1.54, 1.807) is 30.1 Å². The Labute approximate surface area is 133 Å². The van der Waals surface area contributed by atoms with Gasteiger partial charge in [0.05, 0.1) is 22.2 Å². The van der Waals surface area contributed by atoms with Crippen molar-refractivity contribution in [2.24, 2.45) is 0 Å². The van der Waals surface area contributed by atoms with Crippen molar-refractivity contribution in [1.29, 1.82) is 0 Å². The van der Waals surface area contributed by atoms with Crippen molar-refractivity contribution in [1.82, 2.24) is 15.1 Å². The Morgan fingerprint density at radius 3 is 2.48 bits per heavy atom. The summed E-state index contributed by atoms with van der Waals surface area (Å²) in [4.78, 5) is 27.5. The van der Waals surface area contributed by atoms with Gasteiger partial charge in [-0.3, -0.25) is 14.5 Å². The molecule has 2 rings (SSSR count). The number of nitrogens with zero attached hydrogens (tertiary/aromatic N) is 2. The summed E-state index contributed by atoms with van der Waals surface area (Å²) in [7, 11) is 1.61. The first-order chi connectivity index (χ1) is 10.0. The average Bonchev–Trinajstić information content (AvgIpc) is 2.50. The Morgan fingerprint density at radius 1 is 1.19 bits per heavy atom. The fourth-order valence-corrected chi connectivity index (χ4v) is 2.61. The molecule has 0 aromatic heterocycles. The van der Waals surface area contributed by atoms with Gasteiger partial charge in [0.15, 0.2) is 0 Å². The molecule has 0 spiro atoms. The van der Waals surface area contributed by atoms with Crippen LogP contribution in [0.15, 0.2) is 18.2 Å². The first-order valence-electron chi connectivity index (χ1n) is 6.69. The lowest BCUT2D eigenvalue weighted by Gasteiger charge is -2.34. The van der Waals surface area contributed by atoms with Crippen molar-refractivity contribution in [3.05, 3.63) is 33.8 Å². The number of hydrogen-bond acceptors (Lipinski definition) is 3. The highest BCUT2D eigenvalue weighted by atomic mass is 35.5. The van der Waals surface area contributed by atoms with Crippen molar-refractivity contribution in [3.8, 4) is 0 Å². The van der Waals surface area contributed by atoms with Gasteiger partial charge in [0.1, 0.15) is 0 Å². The van der Waals surface area contributed by atoms with E-state index >= 15 is 0 Å². The zero-order valence-electron chi connectivity index (χ0n) is 11.7. The molecule has 1 N–H and O–H groups in total. The summed E-state index contributed by atoms with van der Waals surface area (Å²) in [5.74, 6) is -0.144. The first kappa shape index (κ1) is 16.1. The van der Waals surface area contributed by atoms with Crippen LogP contribution in [0.5, 0.6) is 0 Å². The van der Waals surface area contributed by atoms with Crippen LogP contribution in [0.4, 0.5) is 0 Å². The highest BCUT2D eigenvalue weighted by molar-refractivity contribution is 6.43. The molecule has 0 saturated carbocycles. The Balaban J connectivity index is 1.97.